The molecular weight excluding hydrogens is 388 g/mol. The van der Waals surface area contributed by atoms with Gasteiger partial charge in [-0.3, -0.25) is 0 Å². The summed E-state index contributed by atoms with van der Waals surface area (Å²) in [4.78, 5) is 0. The lowest BCUT2D eigenvalue weighted by molar-refractivity contribution is 0.283. The molecule has 1 rings (SSSR count). The molecule has 0 radical (unpaired) electrons. The van der Waals surface area contributed by atoms with Crippen molar-refractivity contribution in [3.63, 3.8) is 0 Å². The Kier molecular flexibility index (Phi) is 10.7. The summed E-state index contributed by atoms with van der Waals surface area (Å²) in [5.41, 5.74) is 2.80. The van der Waals surface area contributed by atoms with Gasteiger partial charge in [0.15, 0.2) is 19.8 Å². The van der Waals surface area contributed by atoms with E-state index in [1.165, 1.54) is 0 Å². The molecule has 30 heavy (non-hydrogen) atoms. The van der Waals surface area contributed by atoms with E-state index in [4.69, 9.17) is 20.3 Å². The number of para-hydroxylation sites is 1. The second kappa shape index (κ2) is 12.2. The molecule has 1 aromatic carbocycles. The maximum atomic E-state index is 6.64. The van der Waals surface area contributed by atoms with E-state index in [1.807, 2.05) is 18.2 Å². The van der Waals surface area contributed by atoms with E-state index in [1.54, 1.807) is 14.2 Å². The first kappa shape index (κ1) is 26.3. The number of hydrogen-bond acceptors (Lipinski definition) is 3. The SMILES string of the molecule is C#C[C@@H](c1cccc(OC)c1OC)[C@H](C)/C=C/CCO[Si](C(C)C)(C(C)C)C(C)C. The Bertz CT molecular complexity index is 694. The van der Waals surface area contributed by atoms with Crippen molar-refractivity contribution in [3.05, 3.63) is 35.9 Å². The first-order valence-corrected chi connectivity index (χ1v) is 13.3. The zero-order valence-corrected chi connectivity index (χ0v) is 21.5. The van der Waals surface area contributed by atoms with Crippen LogP contribution in [-0.4, -0.2) is 29.1 Å². The van der Waals surface area contributed by atoms with Crippen LogP contribution in [-0.2, 0) is 4.43 Å². The number of hydrogen-bond donors (Lipinski definition) is 0. The van der Waals surface area contributed by atoms with E-state index < -0.39 is 8.32 Å². The largest absolute Gasteiger partial charge is 0.493 e. The summed E-state index contributed by atoms with van der Waals surface area (Å²) in [7, 11) is 1.49. The first-order chi connectivity index (χ1) is 14.2. The van der Waals surface area contributed by atoms with Gasteiger partial charge in [-0.1, -0.05) is 78.7 Å². The standard InChI is InChI=1S/C26H42O3Si/c1-11-23(24-16-14-17-25(27-9)26(24)28-10)22(8)15-12-13-18-29-30(19(2)3,20(4)5)21(6)7/h1,12,14-17,19-23H,13,18H2,2-10H3/b15-12+/t22-,23-/m1/s1. The van der Waals surface area contributed by atoms with Gasteiger partial charge in [0.2, 0.25) is 0 Å². The number of methoxy groups -OCH3 is 2. The Morgan fingerprint density at radius 2 is 1.57 bits per heavy atom. The van der Waals surface area contributed by atoms with E-state index >= 15 is 0 Å². The van der Waals surface area contributed by atoms with Crippen molar-refractivity contribution in [1.29, 1.82) is 0 Å². The number of terminal acetylenes is 1. The summed E-state index contributed by atoms with van der Waals surface area (Å²) in [6, 6.07) is 5.87. The third-order valence-corrected chi connectivity index (χ3v) is 12.4. The van der Waals surface area contributed by atoms with Crippen LogP contribution in [0.1, 0.15) is 66.4 Å². The summed E-state index contributed by atoms with van der Waals surface area (Å²) in [5, 5.41) is 0. The summed E-state index contributed by atoms with van der Waals surface area (Å²) >= 11 is 0. The summed E-state index contributed by atoms with van der Waals surface area (Å²) in [5.74, 6) is 4.46. The van der Waals surface area contributed by atoms with Crippen LogP contribution in [0, 0.1) is 18.3 Å². The molecule has 3 nitrogen and oxygen atoms in total. The maximum absolute atomic E-state index is 6.64. The first-order valence-electron chi connectivity index (χ1n) is 11.1. The van der Waals surface area contributed by atoms with Gasteiger partial charge in [-0.15, -0.1) is 6.42 Å². The van der Waals surface area contributed by atoms with Gasteiger partial charge in [-0.25, -0.2) is 0 Å². The second-order valence-corrected chi connectivity index (χ2v) is 14.4. The van der Waals surface area contributed by atoms with Gasteiger partial charge in [0.1, 0.15) is 0 Å². The molecule has 0 bridgehead atoms. The highest BCUT2D eigenvalue weighted by molar-refractivity contribution is 6.77. The average molecular weight is 431 g/mol. The predicted molar refractivity (Wildman–Crippen MR) is 131 cm³/mol. The molecule has 0 spiro atoms. The molecule has 1 aromatic rings. The van der Waals surface area contributed by atoms with Crippen LogP contribution in [0.4, 0.5) is 0 Å². The van der Waals surface area contributed by atoms with Crippen LogP contribution in [0.15, 0.2) is 30.4 Å². The second-order valence-electron chi connectivity index (χ2n) is 8.97. The van der Waals surface area contributed by atoms with Gasteiger partial charge in [0.25, 0.3) is 0 Å². The smallest absolute Gasteiger partial charge is 0.200 e. The zero-order valence-electron chi connectivity index (χ0n) is 20.5. The fourth-order valence-electron chi connectivity index (χ4n) is 4.91. The Labute approximate surface area is 186 Å². The number of rotatable bonds is 12. The van der Waals surface area contributed by atoms with Gasteiger partial charge in [0.05, 0.1) is 20.1 Å². The monoisotopic (exact) mass is 430 g/mol. The highest BCUT2D eigenvalue weighted by Crippen LogP contribution is 2.42. The molecule has 0 heterocycles. The van der Waals surface area contributed by atoms with Crippen LogP contribution >= 0.6 is 0 Å². The lowest BCUT2D eigenvalue weighted by Gasteiger charge is -2.42. The minimum absolute atomic E-state index is 0.0809. The van der Waals surface area contributed by atoms with Crippen molar-refractivity contribution >= 4 is 8.32 Å². The minimum atomic E-state index is -1.81. The summed E-state index contributed by atoms with van der Waals surface area (Å²) < 4.78 is 17.7. The quantitative estimate of drug-likeness (QED) is 0.152. The molecule has 0 aliphatic rings. The van der Waals surface area contributed by atoms with Gasteiger partial charge in [-0.05, 0) is 35.0 Å². The Morgan fingerprint density at radius 1 is 0.967 bits per heavy atom. The molecule has 0 fully saturated rings. The van der Waals surface area contributed by atoms with Crippen molar-refractivity contribution in [2.45, 2.75) is 77.4 Å². The predicted octanol–water partition coefficient (Wildman–Crippen LogP) is 7.20. The van der Waals surface area contributed by atoms with Crippen molar-refractivity contribution in [2.75, 3.05) is 20.8 Å². The molecular formula is C26H42O3Si. The molecule has 2 atom stereocenters. The van der Waals surface area contributed by atoms with Crippen molar-refractivity contribution in [1.82, 2.24) is 0 Å². The molecule has 0 unspecified atom stereocenters. The minimum Gasteiger partial charge on any atom is -0.493 e. The summed E-state index contributed by atoms with van der Waals surface area (Å²) in [6.45, 7) is 16.9. The molecule has 0 N–H and O–H groups in total. The average Bonchev–Trinajstić information content (AvgIpc) is 2.69. The Hall–Kier alpha value is -1.70. The number of benzene rings is 1. The van der Waals surface area contributed by atoms with Crippen LogP contribution in [0.2, 0.25) is 16.6 Å². The van der Waals surface area contributed by atoms with Crippen molar-refractivity contribution in [3.8, 4) is 23.8 Å². The number of ether oxygens (including phenoxy) is 2. The lowest BCUT2D eigenvalue weighted by atomic mass is 9.86. The van der Waals surface area contributed by atoms with E-state index in [9.17, 15) is 0 Å². The maximum Gasteiger partial charge on any atom is 0.200 e. The van der Waals surface area contributed by atoms with Gasteiger partial charge < -0.3 is 13.9 Å². The zero-order chi connectivity index (χ0) is 22.9. The third-order valence-electron chi connectivity index (χ3n) is 6.26. The highest BCUT2D eigenvalue weighted by atomic mass is 28.4. The van der Waals surface area contributed by atoms with Crippen molar-refractivity contribution in [2.24, 2.45) is 5.92 Å². The normalized spacial score (nSPS) is 14.4. The van der Waals surface area contributed by atoms with Crippen LogP contribution in [0.25, 0.3) is 0 Å². The molecule has 0 aliphatic carbocycles. The fourth-order valence-corrected chi connectivity index (χ4v) is 10.4. The lowest BCUT2D eigenvalue weighted by Crippen LogP contribution is -2.47. The van der Waals surface area contributed by atoms with E-state index in [0.29, 0.717) is 28.1 Å². The molecule has 0 saturated carbocycles. The molecule has 168 valence electrons. The Balaban J connectivity index is 2.85. The van der Waals surface area contributed by atoms with Crippen LogP contribution in [0.3, 0.4) is 0 Å². The molecule has 0 saturated heterocycles. The van der Waals surface area contributed by atoms with Crippen molar-refractivity contribution < 1.29 is 13.9 Å². The molecule has 0 amide bonds. The molecule has 0 aromatic heterocycles. The third kappa shape index (κ3) is 5.92. The fraction of sp³-hybridized carbons (Fsp3) is 0.615. The van der Waals surface area contributed by atoms with Crippen LogP contribution < -0.4 is 9.47 Å². The Morgan fingerprint density at radius 3 is 2.03 bits per heavy atom. The van der Waals surface area contributed by atoms with Crippen LogP contribution in [0.5, 0.6) is 11.5 Å². The van der Waals surface area contributed by atoms with E-state index in [2.05, 4.69) is 66.5 Å². The molecule has 0 aliphatic heterocycles. The van der Waals surface area contributed by atoms with Gasteiger partial charge in [0, 0.05) is 12.2 Å². The highest BCUT2D eigenvalue weighted by Gasteiger charge is 2.44. The van der Waals surface area contributed by atoms with Gasteiger partial charge in [-0.2, -0.15) is 0 Å². The van der Waals surface area contributed by atoms with E-state index in [0.717, 1.165) is 18.6 Å². The summed E-state index contributed by atoms with van der Waals surface area (Å²) in [6.07, 6.45) is 11.2. The van der Waals surface area contributed by atoms with Gasteiger partial charge >= 0.3 is 0 Å². The topological polar surface area (TPSA) is 27.7 Å². The van der Waals surface area contributed by atoms with E-state index in [-0.39, 0.29) is 11.8 Å². The molecule has 4 heteroatoms. The number of allylic oxidation sites excluding steroid dienone is 1.